The molecule has 6 nitrogen and oxygen atoms in total. The lowest BCUT2D eigenvalue weighted by Gasteiger charge is -2.14. The minimum atomic E-state index is -0.520. The van der Waals surface area contributed by atoms with Crippen molar-refractivity contribution in [3.8, 4) is 11.5 Å². The van der Waals surface area contributed by atoms with E-state index in [9.17, 15) is 9.59 Å². The molecule has 0 unspecified atom stereocenters. The first kappa shape index (κ1) is 16.3. The first-order valence-corrected chi connectivity index (χ1v) is 6.90. The zero-order chi connectivity index (χ0) is 16.3. The van der Waals surface area contributed by atoms with E-state index in [1.54, 1.807) is 18.2 Å². The van der Waals surface area contributed by atoms with Crippen LogP contribution in [0, 0.1) is 0 Å². The monoisotopic (exact) mass is 325 g/mol. The number of ether oxygens (including phenoxy) is 3. The molecule has 1 heterocycles. The molecular formula is C15H16ClNO5. The molecule has 0 atom stereocenters. The van der Waals surface area contributed by atoms with Gasteiger partial charge in [0.1, 0.15) is 5.03 Å². The molecule has 0 radical (unpaired) electrons. The van der Waals surface area contributed by atoms with Gasteiger partial charge in [0.05, 0.1) is 32.9 Å². The van der Waals surface area contributed by atoms with Gasteiger partial charge in [-0.05, 0) is 17.7 Å². The van der Waals surface area contributed by atoms with Gasteiger partial charge in [0.15, 0.2) is 11.5 Å². The van der Waals surface area contributed by atoms with Crippen LogP contribution in [0.5, 0.6) is 11.5 Å². The van der Waals surface area contributed by atoms with Crippen molar-refractivity contribution in [1.82, 2.24) is 4.90 Å². The molecule has 0 fully saturated rings. The van der Waals surface area contributed by atoms with Crippen molar-refractivity contribution in [2.45, 2.75) is 0 Å². The highest BCUT2D eigenvalue weighted by molar-refractivity contribution is 6.55. The number of carbonyl (C=O) groups is 2. The number of nitrogens with zero attached hydrogens (tertiary/aromatic N) is 1. The Kier molecular flexibility index (Phi) is 5.05. The summed E-state index contributed by atoms with van der Waals surface area (Å²) in [6.45, 7) is 0.405. The smallest absolute Gasteiger partial charge is 0.273 e. The van der Waals surface area contributed by atoms with Gasteiger partial charge in [0.25, 0.3) is 11.8 Å². The lowest BCUT2D eigenvalue weighted by Crippen LogP contribution is -2.34. The molecule has 0 saturated heterocycles. The Bertz CT molecular complexity index is 641. The van der Waals surface area contributed by atoms with E-state index in [2.05, 4.69) is 0 Å². The zero-order valence-electron chi connectivity index (χ0n) is 12.5. The van der Waals surface area contributed by atoms with Crippen molar-refractivity contribution in [3.63, 3.8) is 0 Å². The summed E-state index contributed by atoms with van der Waals surface area (Å²) in [4.78, 5) is 25.6. The average Bonchev–Trinajstić information content (AvgIpc) is 2.74. The summed E-state index contributed by atoms with van der Waals surface area (Å²) in [5.74, 6) is 0.0105. The van der Waals surface area contributed by atoms with Gasteiger partial charge in [-0.15, -0.1) is 0 Å². The summed E-state index contributed by atoms with van der Waals surface area (Å²) in [6, 6.07) is 4.92. The Morgan fingerprint density at radius 1 is 1.05 bits per heavy atom. The summed E-state index contributed by atoms with van der Waals surface area (Å²) in [6.07, 6.45) is 0. The molecule has 22 heavy (non-hydrogen) atoms. The Balaban J connectivity index is 2.39. The van der Waals surface area contributed by atoms with E-state index in [0.29, 0.717) is 17.1 Å². The maximum atomic E-state index is 12.4. The first-order valence-electron chi connectivity index (χ1n) is 6.52. The van der Waals surface area contributed by atoms with E-state index < -0.39 is 11.8 Å². The number of imide groups is 1. The number of hydrogen-bond donors (Lipinski definition) is 0. The second-order valence-corrected chi connectivity index (χ2v) is 4.89. The summed E-state index contributed by atoms with van der Waals surface area (Å²) in [5.41, 5.74) is 0.657. The molecule has 0 N–H and O–H groups in total. The second kappa shape index (κ2) is 6.81. The first-order chi connectivity index (χ1) is 10.5. The van der Waals surface area contributed by atoms with E-state index in [-0.39, 0.29) is 23.8 Å². The van der Waals surface area contributed by atoms with Crippen LogP contribution in [0.1, 0.15) is 5.56 Å². The SMILES string of the molecule is COCCN1C(=O)C(Cl)=C(c2ccc(OC)c(OC)c2)C1=O. The third-order valence-electron chi connectivity index (χ3n) is 3.30. The lowest BCUT2D eigenvalue weighted by atomic mass is 10.1. The van der Waals surface area contributed by atoms with Gasteiger partial charge in [0, 0.05) is 7.11 Å². The quantitative estimate of drug-likeness (QED) is 0.744. The molecule has 1 aromatic rings. The maximum absolute atomic E-state index is 12.4. The molecule has 7 heteroatoms. The van der Waals surface area contributed by atoms with Crippen LogP contribution in [-0.4, -0.2) is 51.2 Å². The van der Waals surface area contributed by atoms with Gasteiger partial charge < -0.3 is 14.2 Å². The third kappa shape index (κ3) is 2.80. The van der Waals surface area contributed by atoms with Gasteiger partial charge in [-0.1, -0.05) is 17.7 Å². The number of rotatable bonds is 6. The predicted octanol–water partition coefficient (Wildman–Crippen LogP) is 1.67. The fourth-order valence-corrected chi connectivity index (χ4v) is 2.47. The van der Waals surface area contributed by atoms with Crippen molar-refractivity contribution in [3.05, 3.63) is 28.8 Å². The fraction of sp³-hybridized carbons (Fsp3) is 0.333. The molecule has 0 bridgehead atoms. The van der Waals surface area contributed by atoms with Crippen LogP contribution >= 0.6 is 11.6 Å². The van der Waals surface area contributed by atoms with Gasteiger partial charge in [-0.25, -0.2) is 0 Å². The van der Waals surface area contributed by atoms with Crippen LogP contribution in [0.15, 0.2) is 23.2 Å². The van der Waals surface area contributed by atoms with Crippen molar-refractivity contribution in [1.29, 1.82) is 0 Å². The summed E-state index contributed by atoms with van der Waals surface area (Å²) >= 11 is 6.06. The van der Waals surface area contributed by atoms with Crippen molar-refractivity contribution in [2.75, 3.05) is 34.5 Å². The van der Waals surface area contributed by atoms with E-state index in [1.807, 2.05) is 0 Å². The number of halogens is 1. The van der Waals surface area contributed by atoms with E-state index in [4.69, 9.17) is 25.8 Å². The summed E-state index contributed by atoms with van der Waals surface area (Å²) in [5, 5.41) is -0.103. The number of benzene rings is 1. The van der Waals surface area contributed by atoms with Gasteiger partial charge in [-0.3, -0.25) is 14.5 Å². The largest absolute Gasteiger partial charge is 0.493 e. The molecule has 0 spiro atoms. The van der Waals surface area contributed by atoms with E-state index in [1.165, 1.54) is 21.3 Å². The minimum absolute atomic E-state index is 0.103. The average molecular weight is 326 g/mol. The third-order valence-corrected chi connectivity index (χ3v) is 3.65. The lowest BCUT2D eigenvalue weighted by molar-refractivity contribution is -0.137. The number of carbonyl (C=O) groups excluding carboxylic acids is 2. The Hall–Kier alpha value is -2.05. The normalized spacial score (nSPS) is 14.8. The summed E-state index contributed by atoms with van der Waals surface area (Å²) < 4.78 is 15.3. The highest BCUT2D eigenvalue weighted by Crippen LogP contribution is 2.36. The van der Waals surface area contributed by atoms with Crippen LogP contribution in [0.25, 0.3) is 5.57 Å². The highest BCUT2D eigenvalue weighted by Gasteiger charge is 2.38. The predicted molar refractivity (Wildman–Crippen MR) is 80.9 cm³/mol. The van der Waals surface area contributed by atoms with E-state index >= 15 is 0 Å². The van der Waals surface area contributed by atoms with Crippen LogP contribution in [0.4, 0.5) is 0 Å². The van der Waals surface area contributed by atoms with E-state index in [0.717, 1.165) is 4.90 Å². The maximum Gasteiger partial charge on any atom is 0.273 e. The molecule has 0 aliphatic carbocycles. The van der Waals surface area contributed by atoms with Gasteiger partial charge >= 0.3 is 0 Å². The Morgan fingerprint density at radius 2 is 1.73 bits per heavy atom. The molecule has 0 aromatic heterocycles. The van der Waals surface area contributed by atoms with Crippen LogP contribution in [-0.2, 0) is 14.3 Å². The van der Waals surface area contributed by atoms with Crippen LogP contribution in [0.3, 0.4) is 0 Å². The fourth-order valence-electron chi connectivity index (χ4n) is 2.17. The van der Waals surface area contributed by atoms with Crippen molar-refractivity contribution >= 4 is 29.0 Å². The molecule has 118 valence electrons. The van der Waals surface area contributed by atoms with Gasteiger partial charge in [-0.2, -0.15) is 0 Å². The molecular weight excluding hydrogens is 310 g/mol. The van der Waals surface area contributed by atoms with Crippen LogP contribution in [0.2, 0.25) is 0 Å². The number of amides is 2. The van der Waals surface area contributed by atoms with Gasteiger partial charge in [0.2, 0.25) is 0 Å². The highest BCUT2D eigenvalue weighted by atomic mass is 35.5. The molecule has 0 saturated carbocycles. The Morgan fingerprint density at radius 3 is 2.32 bits per heavy atom. The minimum Gasteiger partial charge on any atom is -0.493 e. The topological polar surface area (TPSA) is 65.1 Å². The van der Waals surface area contributed by atoms with Crippen molar-refractivity contribution in [2.24, 2.45) is 0 Å². The molecule has 2 amide bonds. The molecule has 1 aromatic carbocycles. The standard InChI is InChI=1S/C15H16ClNO5/c1-20-7-6-17-14(18)12(13(16)15(17)19)9-4-5-10(21-2)11(8-9)22-3/h4-5,8H,6-7H2,1-3H3. The van der Waals surface area contributed by atoms with Crippen molar-refractivity contribution < 1.29 is 23.8 Å². The zero-order valence-corrected chi connectivity index (χ0v) is 13.3. The summed E-state index contributed by atoms with van der Waals surface area (Å²) in [7, 11) is 4.50. The number of methoxy groups -OCH3 is 3. The number of hydrogen-bond acceptors (Lipinski definition) is 5. The Labute approximate surface area is 133 Å². The van der Waals surface area contributed by atoms with Crippen LogP contribution < -0.4 is 9.47 Å². The molecule has 2 rings (SSSR count). The second-order valence-electron chi connectivity index (χ2n) is 4.51. The molecule has 1 aliphatic heterocycles. The molecule has 1 aliphatic rings.